The van der Waals surface area contributed by atoms with Crippen LogP contribution in [0.4, 0.5) is 0 Å². The van der Waals surface area contributed by atoms with Gasteiger partial charge in [0, 0.05) is 31.2 Å². The minimum absolute atomic E-state index is 0.199. The highest BCUT2D eigenvalue weighted by atomic mass is 16.5. The van der Waals surface area contributed by atoms with E-state index < -0.39 is 0 Å². The number of aliphatic hydroxyl groups is 1. The molecule has 3 heteroatoms. The van der Waals surface area contributed by atoms with Crippen LogP contribution >= 0.6 is 0 Å². The molecule has 2 rings (SSSR count). The van der Waals surface area contributed by atoms with Crippen LogP contribution in [0, 0.1) is 11.3 Å². The first kappa shape index (κ1) is 14.3. The predicted molar refractivity (Wildman–Crippen MR) is 73.6 cm³/mol. The molecule has 0 aromatic rings. The van der Waals surface area contributed by atoms with Crippen molar-refractivity contribution in [2.24, 2.45) is 11.3 Å². The molecule has 1 saturated carbocycles. The van der Waals surface area contributed by atoms with Crippen LogP contribution in [0.25, 0.3) is 0 Å². The SMILES string of the molecule is CCC1CCCCC1NCC1(CCO)CCOC1. The second kappa shape index (κ2) is 6.88. The summed E-state index contributed by atoms with van der Waals surface area (Å²) < 4.78 is 5.55. The van der Waals surface area contributed by atoms with E-state index in [2.05, 4.69) is 12.2 Å². The zero-order valence-corrected chi connectivity index (χ0v) is 11.8. The van der Waals surface area contributed by atoms with Crippen molar-refractivity contribution < 1.29 is 9.84 Å². The molecule has 0 amide bonds. The monoisotopic (exact) mass is 255 g/mol. The van der Waals surface area contributed by atoms with Gasteiger partial charge in [-0.1, -0.05) is 26.2 Å². The lowest BCUT2D eigenvalue weighted by atomic mass is 9.80. The molecule has 0 radical (unpaired) electrons. The highest BCUT2D eigenvalue weighted by Crippen LogP contribution is 2.33. The second-order valence-corrected chi connectivity index (χ2v) is 6.22. The quantitative estimate of drug-likeness (QED) is 0.765. The molecule has 1 saturated heterocycles. The van der Waals surface area contributed by atoms with Gasteiger partial charge in [-0.25, -0.2) is 0 Å². The number of hydrogen-bond donors (Lipinski definition) is 2. The third-order valence-electron chi connectivity index (χ3n) is 5.00. The van der Waals surface area contributed by atoms with Gasteiger partial charge in [-0.2, -0.15) is 0 Å². The van der Waals surface area contributed by atoms with Gasteiger partial charge in [0.25, 0.3) is 0 Å². The smallest absolute Gasteiger partial charge is 0.0536 e. The van der Waals surface area contributed by atoms with Gasteiger partial charge in [-0.05, 0) is 31.6 Å². The topological polar surface area (TPSA) is 41.5 Å². The maximum atomic E-state index is 9.24. The third kappa shape index (κ3) is 3.46. The van der Waals surface area contributed by atoms with Crippen molar-refractivity contribution in [3.8, 4) is 0 Å². The number of aliphatic hydroxyl groups excluding tert-OH is 1. The van der Waals surface area contributed by atoms with E-state index >= 15 is 0 Å². The van der Waals surface area contributed by atoms with E-state index in [-0.39, 0.29) is 12.0 Å². The van der Waals surface area contributed by atoms with Gasteiger partial charge in [-0.15, -0.1) is 0 Å². The first-order chi connectivity index (χ1) is 8.79. The lowest BCUT2D eigenvalue weighted by molar-refractivity contribution is 0.115. The summed E-state index contributed by atoms with van der Waals surface area (Å²) >= 11 is 0. The largest absolute Gasteiger partial charge is 0.396 e. The average molecular weight is 255 g/mol. The summed E-state index contributed by atoms with van der Waals surface area (Å²) in [5.41, 5.74) is 0.199. The first-order valence-electron chi connectivity index (χ1n) is 7.72. The van der Waals surface area contributed by atoms with Crippen LogP contribution < -0.4 is 5.32 Å². The van der Waals surface area contributed by atoms with E-state index in [0.717, 1.165) is 38.5 Å². The first-order valence-corrected chi connectivity index (χ1v) is 7.72. The molecule has 106 valence electrons. The normalized spacial score (nSPS) is 37.0. The Morgan fingerprint density at radius 1 is 1.33 bits per heavy atom. The van der Waals surface area contributed by atoms with Crippen molar-refractivity contribution in [3.63, 3.8) is 0 Å². The molecular weight excluding hydrogens is 226 g/mol. The van der Waals surface area contributed by atoms with Crippen LogP contribution in [0.1, 0.15) is 51.9 Å². The van der Waals surface area contributed by atoms with Crippen molar-refractivity contribution in [1.29, 1.82) is 0 Å². The zero-order valence-electron chi connectivity index (χ0n) is 11.8. The summed E-state index contributed by atoms with van der Waals surface area (Å²) in [6.45, 7) is 5.31. The molecule has 0 aromatic carbocycles. The van der Waals surface area contributed by atoms with Crippen molar-refractivity contribution >= 4 is 0 Å². The van der Waals surface area contributed by atoms with E-state index in [1.54, 1.807) is 0 Å². The van der Waals surface area contributed by atoms with Crippen LogP contribution in [0.2, 0.25) is 0 Å². The summed E-state index contributed by atoms with van der Waals surface area (Å²) in [6, 6.07) is 0.694. The number of hydrogen-bond acceptors (Lipinski definition) is 3. The van der Waals surface area contributed by atoms with Crippen molar-refractivity contribution in [3.05, 3.63) is 0 Å². The minimum atomic E-state index is 0.199. The van der Waals surface area contributed by atoms with E-state index in [1.807, 2.05) is 0 Å². The van der Waals surface area contributed by atoms with Crippen LogP contribution in [-0.2, 0) is 4.74 Å². The molecule has 1 aliphatic carbocycles. The summed E-state index contributed by atoms with van der Waals surface area (Å²) in [6.07, 6.45) is 8.76. The van der Waals surface area contributed by atoms with Gasteiger partial charge in [0.05, 0.1) is 6.61 Å². The molecule has 2 fully saturated rings. The van der Waals surface area contributed by atoms with Gasteiger partial charge in [-0.3, -0.25) is 0 Å². The van der Waals surface area contributed by atoms with Gasteiger partial charge in [0.1, 0.15) is 0 Å². The summed E-state index contributed by atoms with van der Waals surface area (Å²) in [5.74, 6) is 0.854. The molecule has 2 aliphatic rings. The average Bonchev–Trinajstić information content (AvgIpc) is 2.86. The second-order valence-electron chi connectivity index (χ2n) is 6.22. The molecule has 3 unspecified atom stereocenters. The van der Waals surface area contributed by atoms with E-state index in [9.17, 15) is 5.11 Å². The Balaban J connectivity index is 1.84. The maximum absolute atomic E-state index is 9.24. The molecule has 3 nitrogen and oxygen atoms in total. The van der Waals surface area contributed by atoms with E-state index in [1.165, 1.54) is 32.1 Å². The van der Waals surface area contributed by atoms with Crippen LogP contribution in [0.5, 0.6) is 0 Å². The highest BCUT2D eigenvalue weighted by Gasteiger charge is 2.35. The highest BCUT2D eigenvalue weighted by molar-refractivity contribution is 4.88. The van der Waals surface area contributed by atoms with Crippen LogP contribution in [-0.4, -0.2) is 37.5 Å². The number of ether oxygens (including phenoxy) is 1. The summed E-state index contributed by atoms with van der Waals surface area (Å²) in [7, 11) is 0. The molecule has 1 aliphatic heterocycles. The van der Waals surface area contributed by atoms with Gasteiger partial charge in [0.2, 0.25) is 0 Å². The van der Waals surface area contributed by atoms with Crippen molar-refractivity contribution in [1.82, 2.24) is 5.32 Å². The third-order valence-corrected chi connectivity index (χ3v) is 5.00. The molecular formula is C15H29NO2. The van der Waals surface area contributed by atoms with E-state index in [0.29, 0.717) is 6.04 Å². The Kier molecular flexibility index (Phi) is 5.46. The van der Waals surface area contributed by atoms with Crippen molar-refractivity contribution in [2.45, 2.75) is 57.9 Å². The Labute approximate surface area is 111 Å². The molecule has 1 heterocycles. The molecule has 0 bridgehead atoms. The molecule has 0 aromatic heterocycles. The summed E-state index contributed by atoms with van der Waals surface area (Å²) in [4.78, 5) is 0. The van der Waals surface area contributed by atoms with Gasteiger partial charge >= 0.3 is 0 Å². The Bertz CT molecular complexity index is 239. The Hall–Kier alpha value is -0.120. The number of rotatable bonds is 6. The standard InChI is InChI=1S/C15H29NO2/c1-2-13-5-3-4-6-14(13)16-11-15(7-9-17)8-10-18-12-15/h13-14,16-17H,2-12H2,1H3. The Morgan fingerprint density at radius 3 is 2.83 bits per heavy atom. The fourth-order valence-corrected chi connectivity index (χ4v) is 3.62. The summed E-state index contributed by atoms with van der Waals surface area (Å²) in [5, 5.41) is 13.0. The Morgan fingerprint density at radius 2 is 2.17 bits per heavy atom. The van der Waals surface area contributed by atoms with Gasteiger partial charge < -0.3 is 15.2 Å². The molecule has 2 N–H and O–H groups in total. The lowest BCUT2D eigenvalue weighted by Crippen LogP contribution is -2.45. The zero-order chi connectivity index (χ0) is 12.8. The van der Waals surface area contributed by atoms with Crippen LogP contribution in [0.15, 0.2) is 0 Å². The van der Waals surface area contributed by atoms with Gasteiger partial charge in [0.15, 0.2) is 0 Å². The number of nitrogens with one attached hydrogen (secondary N) is 1. The van der Waals surface area contributed by atoms with Crippen LogP contribution in [0.3, 0.4) is 0 Å². The molecule has 3 atom stereocenters. The fourth-order valence-electron chi connectivity index (χ4n) is 3.62. The minimum Gasteiger partial charge on any atom is -0.396 e. The maximum Gasteiger partial charge on any atom is 0.0536 e. The van der Waals surface area contributed by atoms with Crippen molar-refractivity contribution in [2.75, 3.05) is 26.4 Å². The molecule has 18 heavy (non-hydrogen) atoms. The molecule has 0 spiro atoms. The van der Waals surface area contributed by atoms with E-state index in [4.69, 9.17) is 4.74 Å². The predicted octanol–water partition coefficient (Wildman–Crippen LogP) is 2.33. The fraction of sp³-hybridized carbons (Fsp3) is 1.00. The lowest BCUT2D eigenvalue weighted by Gasteiger charge is -2.35.